The molecule has 1 aliphatic rings. The molecule has 0 amide bonds. The van der Waals surface area contributed by atoms with Crippen LogP contribution in [0.25, 0.3) is 0 Å². The lowest BCUT2D eigenvalue weighted by Gasteiger charge is -2.44. The monoisotopic (exact) mass is 546 g/mol. The summed E-state index contributed by atoms with van der Waals surface area (Å²) < 4.78 is 119. The van der Waals surface area contributed by atoms with E-state index in [1.54, 1.807) is 4.90 Å². The first-order valence-electron chi connectivity index (χ1n) is 11.1. The molecule has 37 heavy (non-hydrogen) atoms. The third-order valence-corrected chi connectivity index (χ3v) is 7.47. The SMILES string of the molecule is O=S(=O)(CC1CN(C(c2ccc(C(F)(F)F)cc2)c2ccc(C(F)(F)F)cc2)C1)Nc1cccc(F)c1. The summed E-state index contributed by atoms with van der Waals surface area (Å²) in [7, 11) is -3.83. The van der Waals surface area contributed by atoms with Gasteiger partial charge in [0.05, 0.1) is 28.6 Å². The highest BCUT2D eigenvalue weighted by molar-refractivity contribution is 7.92. The van der Waals surface area contributed by atoms with Crippen molar-refractivity contribution < 1.29 is 39.2 Å². The molecule has 0 aromatic heterocycles. The van der Waals surface area contributed by atoms with Gasteiger partial charge in [-0.05, 0) is 53.6 Å². The van der Waals surface area contributed by atoms with Crippen molar-refractivity contribution in [1.82, 2.24) is 4.90 Å². The van der Waals surface area contributed by atoms with E-state index in [9.17, 15) is 39.2 Å². The number of hydrogen-bond donors (Lipinski definition) is 1. The molecule has 1 heterocycles. The Kier molecular flexibility index (Phi) is 7.26. The van der Waals surface area contributed by atoms with Crippen LogP contribution in [0.5, 0.6) is 0 Å². The van der Waals surface area contributed by atoms with Crippen molar-refractivity contribution in [2.45, 2.75) is 18.4 Å². The van der Waals surface area contributed by atoms with Crippen LogP contribution in [0.15, 0.2) is 72.8 Å². The Morgan fingerprint density at radius 2 is 1.30 bits per heavy atom. The molecule has 0 bridgehead atoms. The van der Waals surface area contributed by atoms with Gasteiger partial charge in [0.1, 0.15) is 5.82 Å². The quantitative estimate of drug-likeness (QED) is 0.353. The molecule has 0 spiro atoms. The molecule has 1 aliphatic heterocycles. The molecule has 0 aliphatic carbocycles. The van der Waals surface area contributed by atoms with Crippen LogP contribution in [-0.4, -0.2) is 32.2 Å². The lowest BCUT2D eigenvalue weighted by Crippen LogP contribution is -2.51. The van der Waals surface area contributed by atoms with E-state index in [2.05, 4.69) is 4.72 Å². The fourth-order valence-corrected chi connectivity index (χ4v) is 5.73. The third-order valence-electron chi connectivity index (χ3n) is 6.01. The summed E-state index contributed by atoms with van der Waals surface area (Å²) in [5.41, 5.74) is -0.806. The minimum Gasteiger partial charge on any atom is -0.292 e. The molecular weight excluding hydrogens is 525 g/mol. The summed E-state index contributed by atoms with van der Waals surface area (Å²) in [6.45, 7) is 0.466. The molecular formula is C25H21F7N2O2S. The van der Waals surface area contributed by atoms with Crippen molar-refractivity contribution in [3.05, 3.63) is 101 Å². The zero-order valence-corrected chi connectivity index (χ0v) is 19.8. The summed E-state index contributed by atoms with van der Waals surface area (Å²) in [6.07, 6.45) is -9.10. The van der Waals surface area contributed by atoms with Crippen LogP contribution in [0.2, 0.25) is 0 Å². The number of likely N-dealkylation sites (tertiary alicyclic amines) is 1. The van der Waals surface area contributed by atoms with Crippen LogP contribution in [0, 0.1) is 11.7 Å². The number of sulfonamides is 1. The fourth-order valence-electron chi connectivity index (χ4n) is 4.33. The minimum atomic E-state index is -4.55. The van der Waals surface area contributed by atoms with Gasteiger partial charge in [-0.15, -0.1) is 0 Å². The van der Waals surface area contributed by atoms with E-state index >= 15 is 0 Å². The molecule has 0 unspecified atom stereocenters. The van der Waals surface area contributed by atoms with E-state index in [1.807, 2.05) is 0 Å². The molecule has 1 saturated heterocycles. The number of hydrogen-bond acceptors (Lipinski definition) is 3. The highest BCUT2D eigenvalue weighted by atomic mass is 32.2. The average molecular weight is 547 g/mol. The van der Waals surface area contributed by atoms with Crippen molar-refractivity contribution in [2.75, 3.05) is 23.6 Å². The van der Waals surface area contributed by atoms with Gasteiger partial charge >= 0.3 is 12.4 Å². The predicted molar refractivity (Wildman–Crippen MR) is 124 cm³/mol. The second kappa shape index (κ2) is 9.97. The van der Waals surface area contributed by atoms with Crippen LogP contribution < -0.4 is 4.72 Å². The topological polar surface area (TPSA) is 49.4 Å². The largest absolute Gasteiger partial charge is 0.416 e. The normalized spacial score (nSPS) is 15.6. The van der Waals surface area contributed by atoms with Crippen LogP contribution in [0.3, 0.4) is 0 Å². The Balaban J connectivity index is 1.52. The maximum atomic E-state index is 13.4. The number of rotatable bonds is 7. The lowest BCUT2D eigenvalue weighted by molar-refractivity contribution is -0.138. The Hall–Kier alpha value is -3.12. The first-order valence-corrected chi connectivity index (χ1v) is 12.7. The molecule has 3 aromatic rings. The second-order valence-electron chi connectivity index (χ2n) is 8.86. The van der Waals surface area contributed by atoms with Crippen molar-refractivity contribution in [1.29, 1.82) is 0 Å². The first kappa shape index (κ1) is 26.9. The molecule has 198 valence electrons. The zero-order valence-electron chi connectivity index (χ0n) is 19.0. The fraction of sp³-hybridized carbons (Fsp3) is 0.280. The van der Waals surface area contributed by atoms with Crippen molar-refractivity contribution in [3.8, 4) is 0 Å². The van der Waals surface area contributed by atoms with Gasteiger partial charge in [-0.25, -0.2) is 12.8 Å². The van der Waals surface area contributed by atoms with Gasteiger partial charge in [0.25, 0.3) is 0 Å². The molecule has 0 saturated carbocycles. The van der Waals surface area contributed by atoms with E-state index < -0.39 is 45.4 Å². The minimum absolute atomic E-state index is 0.0727. The Morgan fingerprint density at radius 3 is 1.73 bits per heavy atom. The molecule has 0 radical (unpaired) electrons. The van der Waals surface area contributed by atoms with E-state index in [0.29, 0.717) is 11.1 Å². The number of nitrogens with one attached hydrogen (secondary N) is 1. The molecule has 1 N–H and O–H groups in total. The summed E-state index contributed by atoms with van der Waals surface area (Å²) in [6, 6.07) is 12.9. The van der Waals surface area contributed by atoms with Gasteiger partial charge in [-0.3, -0.25) is 9.62 Å². The maximum Gasteiger partial charge on any atom is 0.416 e. The highest BCUT2D eigenvalue weighted by Crippen LogP contribution is 2.38. The number of anilines is 1. The standard InChI is InChI=1S/C25H21F7N2O2S/c26-21-2-1-3-22(12-21)33-37(35,36)15-16-13-34(14-16)23(17-4-8-19(9-5-17)24(27,28)29)18-6-10-20(11-7-18)25(30,31)32/h1-12,16,23,33H,13-15H2. The van der Waals surface area contributed by atoms with Crippen LogP contribution in [0.1, 0.15) is 28.3 Å². The van der Waals surface area contributed by atoms with Gasteiger partial charge in [-0.1, -0.05) is 30.3 Å². The van der Waals surface area contributed by atoms with Gasteiger partial charge in [0, 0.05) is 19.0 Å². The summed E-state index contributed by atoms with van der Waals surface area (Å²) in [4.78, 5) is 1.79. The maximum absolute atomic E-state index is 13.4. The second-order valence-corrected chi connectivity index (χ2v) is 10.6. The Morgan fingerprint density at radius 1 is 0.811 bits per heavy atom. The van der Waals surface area contributed by atoms with Crippen LogP contribution >= 0.6 is 0 Å². The molecule has 3 aromatic carbocycles. The average Bonchev–Trinajstić information content (AvgIpc) is 2.76. The van der Waals surface area contributed by atoms with Crippen molar-refractivity contribution in [3.63, 3.8) is 0 Å². The van der Waals surface area contributed by atoms with Gasteiger partial charge in [0.15, 0.2) is 0 Å². The Bertz CT molecular complexity index is 1280. The van der Waals surface area contributed by atoms with Gasteiger partial charge in [0.2, 0.25) is 10.0 Å². The molecule has 4 rings (SSSR count). The van der Waals surface area contributed by atoms with E-state index in [1.165, 1.54) is 42.5 Å². The van der Waals surface area contributed by atoms with E-state index in [4.69, 9.17) is 0 Å². The van der Waals surface area contributed by atoms with E-state index in [-0.39, 0.29) is 30.4 Å². The zero-order chi connectivity index (χ0) is 27.0. The summed E-state index contributed by atoms with van der Waals surface area (Å²) in [5, 5.41) is 0. The predicted octanol–water partition coefficient (Wildman–Crippen LogP) is 6.33. The molecule has 12 heteroatoms. The number of benzene rings is 3. The summed E-state index contributed by atoms with van der Waals surface area (Å²) >= 11 is 0. The van der Waals surface area contributed by atoms with Crippen LogP contribution in [0.4, 0.5) is 36.4 Å². The third kappa shape index (κ3) is 6.61. The smallest absolute Gasteiger partial charge is 0.292 e. The van der Waals surface area contributed by atoms with Gasteiger partial charge < -0.3 is 0 Å². The lowest BCUT2D eigenvalue weighted by atomic mass is 9.90. The molecule has 4 nitrogen and oxygen atoms in total. The van der Waals surface area contributed by atoms with Gasteiger partial charge in [-0.2, -0.15) is 26.3 Å². The first-order chi connectivity index (χ1) is 17.2. The van der Waals surface area contributed by atoms with E-state index in [0.717, 1.165) is 30.3 Å². The molecule has 1 fully saturated rings. The van der Waals surface area contributed by atoms with Crippen molar-refractivity contribution >= 4 is 15.7 Å². The number of alkyl halides is 6. The highest BCUT2D eigenvalue weighted by Gasteiger charge is 2.38. The van der Waals surface area contributed by atoms with Crippen LogP contribution in [-0.2, 0) is 22.4 Å². The Labute approximate surface area is 208 Å². The summed E-state index contributed by atoms with van der Waals surface area (Å²) in [5.74, 6) is -1.24. The number of nitrogens with zero attached hydrogens (tertiary/aromatic N) is 1. The molecule has 0 atom stereocenters. The van der Waals surface area contributed by atoms with Crippen molar-refractivity contribution in [2.24, 2.45) is 5.92 Å². The number of halogens is 7.